The second-order valence-corrected chi connectivity index (χ2v) is 9.71. The van der Waals surface area contributed by atoms with Gasteiger partial charge in [-0.25, -0.2) is 9.78 Å². The van der Waals surface area contributed by atoms with E-state index in [9.17, 15) is 9.59 Å². The standard InChI is InChI=1S/C21H28N4O3S2/c1-24(10-3-2-5-16-6-4-9-22-13-16)14-17-7-8-19(26)25(17)11-12-29-21-23-18(15-30-21)20(27)28/h4,6,9,13,15,17H,2-3,5,7-8,10-12,14H2,1H3,(H,27,28). The Kier molecular flexibility index (Phi) is 8.65. The zero-order valence-electron chi connectivity index (χ0n) is 17.2. The number of unbranched alkanes of at least 4 members (excludes halogenated alkanes) is 1. The van der Waals surface area contributed by atoms with Crippen LogP contribution in [-0.4, -0.2) is 75.2 Å². The van der Waals surface area contributed by atoms with Gasteiger partial charge in [0.25, 0.3) is 0 Å². The molecule has 1 N–H and O–H groups in total. The van der Waals surface area contributed by atoms with E-state index in [2.05, 4.69) is 28.0 Å². The average molecular weight is 449 g/mol. The molecule has 3 heterocycles. The number of likely N-dealkylation sites (N-methyl/N-ethyl adjacent to an activating group) is 1. The van der Waals surface area contributed by atoms with E-state index in [1.165, 1.54) is 28.7 Å². The minimum atomic E-state index is -1.00. The molecule has 1 fully saturated rings. The van der Waals surface area contributed by atoms with Gasteiger partial charge in [-0.15, -0.1) is 11.3 Å². The molecule has 1 unspecified atom stereocenters. The first-order valence-electron chi connectivity index (χ1n) is 10.2. The topological polar surface area (TPSA) is 86.6 Å². The smallest absolute Gasteiger partial charge is 0.355 e. The number of rotatable bonds is 12. The van der Waals surface area contributed by atoms with Gasteiger partial charge in [-0.3, -0.25) is 9.78 Å². The summed E-state index contributed by atoms with van der Waals surface area (Å²) in [6, 6.07) is 4.35. The van der Waals surface area contributed by atoms with E-state index in [1.807, 2.05) is 17.2 Å². The predicted molar refractivity (Wildman–Crippen MR) is 119 cm³/mol. The lowest BCUT2D eigenvalue weighted by atomic mass is 10.1. The molecule has 9 heteroatoms. The minimum absolute atomic E-state index is 0.0859. The maximum atomic E-state index is 12.3. The first-order valence-corrected chi connectivity index (χ1v) is 12.1. The molecule has 2 aromatic heterocycles. The number of aromatic nitrogens is 2. The van der Waals surface area contributed by atoms with Crippen LogP contribution in [0, 0.1) is 0 Å². The van der Waals surface area contributed by atoms with Crippen LogP contribution in [-0.2, 0) is 11.2 Å². The fourth-order valence-corrected chi connectivity index (χ4v) is 5.46. The van der Waals surface area contributed by atoms with Crippen LogP contribution in [0.15, 0.2) is 34.2 Å². The summed E-state index contributed by atoms with van der Waals surface area (Å²) >= 11 is 2.85. The average Bonchev–Trinajstić information content (AvgIpc) is 3.34. The van der Waals surface area contributed by atoms with Crippen molar-refractivity contribution in [3.05, 3.63) is 41.2 Å². The molecule has 0 aromatic carbocycles. The van der Waals surface area contributed by atoms with E-state index < -0.39 is 5.97 Å². The van der Waals surface area contributed by atoms with Crippen molar-refractivity contribution in [2.75, 3.05) is 32.4 Å². The van der Waals surface area contributed by atoms with Crippen molar-refractivity contribution >= 4 is 35.0 Å². The summed E-state index contributed by atoms with van der Waals surface area (Å²) in [7, 11) is 2.13. The Bertz CT molecular complexity index is 831. The van der Waals surface area contributed by atoms with Gasteiger partial charge in [0.05, 0.1) is 0 Å². The number of hydrogen-bond donors (Lipinski definition) is 1. The number of carboxylic acids is 1. The molecule has 1 saturated heterocycles. The van der Waals surface area contributed by atoms with Crippen molar-refractivity contribution in [3.8, 4) is 0 Å². The van der Waals surface area contributed by atoms with Crippen molar-refractivity contribution in [1.82, 2.24) is 19.8 Å². The van der Waals surface area contributed by atoms with Gasteiger partial charge in [0.2, 0.25) is 5.91 Å². The van der Waals surface area contributed by atoms with Gasteiger partial charge >= 0.3 is 5.97 Å². The van der Waals surface area contributed by atoms with Crippen LogP contribution in [0.1, 0.15) is 41.7 Å². The Morgan fingerprint density at radius 2 is 2.30 bits per heavy atom. The maximum absolute atomic E-state index is 12.3. The molecular formula is C21H28N4O3S2. The number of thiazole rings is 1. The number of carbonyl (C=O) groups is 2. The van der Waals surface area contributed by atoms with E-state index in [0.29, 0.717) is 13.0 Å². The Morgan fingerprint density at radius 3 is 3.03 bits per heavy atom. The fourth-order valence-electron chi connectivity index (χ4n) is 3.65. The summed E-state index contributed by atoms with van der Waals surface area (Å²) in [6.45, 7) is 2.58. The van der Waals surface area contributed by atoms with Crippen molar-refractivity contribution in [3.63, 3.8) is 0 Å². The molecule has 0 radical (unpaired) electrons. The minimum Gasteiger partial charge on any atom is -0.476 e. The quantitative estimate of drug-likeness (QED) is 0.394. The van der Waals surface area contributed by atoms with Crippen LogP contribution in [0.3, 0.4) is 0 Å². The van der Waals surface area contributed by atoms with Gasteiger partial charge in [0, 0.05) is 49.1 Å². The molecule has 1 amide bonds. The van der Waals surface area contributed by atoms with E-state index >= 15 is 0 Å². The van der Waals surface area contributed by atoms with Gasteiger partial charge in [-0.2, -0.15) is 0 Å². The fraction of sp³-hybridized carbons (Fsp3) is 0.524. The van der Waals surface area contributed by atoms with Crippen LogP contribution in [0.25, 0.3) is 0 Å². The highest BCUT2D eigenvalue weighted by atomic mass is 32.2. The number of pyridine rings is 1. The normalized spacial score (nSPS) is 16.5. The highest BCUT2D eigenvalue weighted by molar-refractivity contribution is 8.01. The number of likely N-dealkylation sites (tertiary alicyclic amines) is 1. The van der Waals surface area contributed by atoms with E-state index in [1.54, 1.807) is 11.6 Å². The molecule has 3 rings (SSSR count). The second kappa shape index (κ2) is 11.4. The van der Waals surface area contributed by atoms with Crippen molar-refractivity contribution in [2.24, 2.45) is 0 Å². The molecular weight excluding hydrogens is 420 g/mol. The van der Waals surface area contributed by atoms with Crippen molar-refractivity contribution in [2.45, 2.75) is 42.5 Å². The first kappa shape index (κ1) is 22.7. The molecule has 1 atom stereocenters. The molecule has 0 saturated carbocycles. The maximum Gasteiger partial charge on any atom is 0.355 e. The highest BCUT2D eigenvalue weighted by Gasteiger charge is 2.31. The van der Waals surface area contributed by atoms with Crippen LogP contribution >= 0.6 is 23.1 Å². The number of aromatic carboxylic acids is 1. The van der Waals surface area contributed by atoms with Gasteiger partial charge < -0.3 is 14.9 Å². The number of amides is 1. The lowest BCUT2D eigenvalue weighted by molar-refractivity contribution is -0.128. The zero-order chi connectivity index (χ0) is 21.3. The number of thioether (sulfide) groups is 1. The Labute approximate surface area is 185 Å². The third kappa shape index (κ3) is 6.78. The van der Waals surface area contributed by atoms with Gasteiger partial charge in [-0.05, 0) is 50.9 Å². The predicted octanol–water partition coefficient (Wildman–Crippen LogP) is 3.27. The van der Waals surface area contributed by atoms with Gasteiger partial charge in [0.1, 0.15) is 0 Å². The lowest BCUT2D eigenvalue weighted by Gasteiger charge is -2.28. The summed E-state index contributed by atoms with van der Waals surface area (Å²) in [4.78, 5) is 35.8. The van der Waals surface area contributed by atoms with Crippen LogP contribution in [0.2, 0.25) is 0 Å². The van der Waals surface area contributed by atoms with E-state index in [0.717, 1.165) is 48.9 Å². The molecule has 162 valence electrons. The molecule has 1 aliphatic heterocycles. The molecule has 30 heavy (non-hydrogen) atoms. The van der Waals surface area contributed by atoms with Crippen LogP contribution < -0.4 is 0 Å². The van der Waals surface area contributed by atoms with Gasteiger partial charge in [0.15, 0.2) is 10.0 Å². The largest absolute Gasteiger partial charge is 0.476 e. The Balaban J connectivity index is 1.37. The SMILES string of the molecule is CN(CCCCc1cccnc1)CC1CCC(=O)N1CCSc1nc(C(=O)O)cs1. The number of carbonyl (C=O) groups excluding carboxylic acids is 1. The van der Waals surface area contributed by atoms with E-state index in [-0.39, 0.29) is 17.6 Å². The molecule has 0 bridgehead atoms. The summed E-state index contributed by atoms with van der Waals surface area (Å²) in [6.07, 6.45) is 8.55. The van der Waals surface area contributed by atoms with Crippen LogP contribution in [0.5, 0.6) is 0 Å². The van der Waals surface area contributed by atoms with Gasteiger partial charge in [-0.1, -0.05) is 17.8 Å². The lowest BCUT2D eigenvalue weighted by Crippen LogP contribution is -2.42. The highest BCUT2D eigenvalue weighted by Crippen LogP contribution is 2.25. The monoisotopic (exact) mass is 448 g/mol. The molecule has 2 aromatic rings. The number of aryl methyl sites for hydroxylation is 1. The molecule has 0 aliphatic carbocycles. The van der Waals surface area contributed by atoms with Crippen LogP contribution in [0.4, 0.5) is 0 Å². The Hall–Kier alpha value is -1.97. The zero-order valence-corrected chi connectivity index (χ0v) is 18.8. The second-order valence-electron chi connectivity index (χ2n) is 7.51. The van der Waals surface area contributed by atoms with Crippen molar-refractivity contribution < 1.29 is 14.7 Å². The number of carboxylic acid groups (broad SMARTS) is 1. The third-order valence-electron chi connectivity index (χ3n) is 5.21. The van der Waals surface area contributed by atoms with E-state index in [4.69, 9.17) is 5.11 Å². The summed E-state index contributed by atoms with van der Waals surface area (Å²) in [5.41, 5.74) is 1.36. The third-order valence-corrected chi connectivity index (χ3v) is 7.21. The first-order chi connectivity index (χ1) is 14.5. The Morgan fingerprint density at radius 1 is 1.43 bits per heavy atom. The summed E-state index contributed by atoms with van der Waals surface area (Å²) < 4.78 is 0.737. The summed E-state index contributed by atoms with van der Waals surface area (Å²) in [5.74, 6) is -0.0591. The molecule has 7 nitrogen and oxygen atoms in total. The van der Waals surface area contributed by atoms with Crippen molar-refractivity contribution in [1.29, 1.82) is 0 Å². The number of hydrogen-bond acceptors (Lipinski definition) is 7. The summed E-state index contributed by atoms with van der Waals surface area (Å²) in [5, 5.41) is 10.5. The molecule has 1 aliphatic rings. The molecule has 0 spiro atoms. The number of nitrogens with zero attached hydrogens (tertiary/aromatic N) is 4.